The van der Waals surface area contributed by atoms with Gasteiger partial charge in [0.25, 0.3) is 0 Å². The number of carbonyl (C=O) groups is 1. The number of rotatable bonds is 1. The van der Waals surface area contributed by atoms with Crippen molar-refractivity contribution < 1.29 is 18.0 Å². The van der Waals surface area contributed by atoms with Gasteiger partial charge in [-0.2, -0.15) is 13.2 Å². The van der Waals surface area contributed by atoms with Crippen molar-refractivity contribution >= 4 is 22.5 Å². The fourth-order valence-corrected chi connectivity index (χ4v) is 2.12. The maximum Gasteiger partial charge on any atom is 0.416 e. The number of amides is 1. The van der Waals surface area contributed by atoms with E-state index in [0.717, 1.165) is 23.3 Å². The monoisotopic (exact) mass is 289 g/mol. The molecule has 0 aliphatic carbocycles. The number of hydrogen-bond donors (Lipinski definition) is 0. The van der Waals surface area contributed by atoms with Gasteiger partial charge in [0.05, 0.1) is 5.56 Å². The van der Waals surface area contributed by atoms with Gasteiger partial charge in [0, 0.05) is 13.1 Å². The van der Waals surface area contributed by atoms with Gasteiger partial charge in [0.2, 0.25) is 0 Å². The Morgan fingerprint density at radius 3 is 2.26 bits per heavy atom. The minimum absolute atomic E-state index is 0.388. The summed E-state index contributed by atoms with van der Waals surface area (Å²) >= 11 is 5.35. The molecule has 1 aromatic rings. The van der Waals surface area contributed by atoms with Gasteiger partial charge < -0.3 is 4.90 Å². The molecule has 0 spiro atoms. The molecule has 0 N–H and O–H groups in total. The number of nitrogens with zero attached hydrogens (tertiary/aromatic N) is 1. The highest BCUT2D eigenvalue weighted by atomic mass is 35.5. The summed E-state index contributed by atoms with van der Waals surface area (Å²) in [6.45, 7) is 0.869. The van der Waals surface area contributed by atoms with Crippen LogP contribution in [0.2, 0.25) is 0 Å². The molecule has 1 heterocycles. The van der Waals surface area contributed by atoms with Crippen molar-refractivity contribution in [2.45, 2.75) is 12.6 Å². The fraction of sp³-hybridized carbons (Fsp3) is 0.308. The predicted octanol–water partition coefficient (Wildman–Crippen LogP) is 4.15. The van der Waals surface area contributed by atoms with E-state index in [9.17, 15) is 18.0 Å². The summed E-state index contributed by atoms with van der Waals surface area (Å²) < 4.78 is 37.3. The van der Waals surface area contributed by atoms with E-state index in [-0.39, 0.29) is 0 Å². The Labute approximate surface area is 113 Å². The summed E-state index contributed by atoms with van der Waals surface area (Å²) in [7, 11) is 0. The lowest BCUT2D eigenvalue weighted by atomic mass is 9.98. The van der Waals surface area contributed by atoms with E-state index in [1.54, 1.807) is 0 Å². The molecular formula is C13H11ClF3NO. The third-order valence-electron chi connectivity index (χ3n) is 3.04. The van der Waals surface area contributed by atoms with Crippen molar-refractivity contribution in [1.82, 2.24) is 4.90 Å². The van der Waals surface area contributed by atoms with Gasteiger partial charge >= 0.3 is 11.5 Å². The van der Waals surface area contributed by atoms with Crippen molar-refractivity contribution in [3.05, 3.63) is 41.5 Å². The molecule has 0 atom stereocenters. The average molecular weight is 290 g/mol. The van der Waals surface area contributed by atoms with Crippen LogP contribution in [0, 0.1) is 0 Å². The summed E-state index contributed by atoms with van der Waals surface area (Å²) in [5, 5.41) is -0.511. The summed E-state index contributed by atoms with van der Waals surface area (Å²) in [5.74, 6) is 0. The second-order valence-corrected chi connectivity index (χ2v) is 4.58. The first-order valence-electron chi connectivity index (χ1n) is 5.69. The van der Waals surface area contributed by atoms with Gasteiger partial charge in [-0.15, -0.1) is 0 Å². The van der Waals surface area contributed by atoms with Crippen molar-refractivity contribution in [1.29, 1.82) is 0 Å². The van der Waals surface area contributed by atoms with Crippen LogP contribution in [-0.4, -0.2) is 23.4 Å². The molecule has 1 aromatic carbocycles. The van der Waals surface area contributed by atoms with E-state index < -0.39 is 17.1 Å². The molecule has 1 amide bonds. The first-order valence-corrected chi connectivity index (χ1v) is 6.07. The third kappa shape index (κ3) is 3.29. The molecule has 0 saturated carbocycles. The highest BCUT2D eigenvalue weighted by Gasteiger charge is 2.30. The van der Waals surface area contributed by atoms with Crippen LogP contribution in [0.15, 0.2) is 30.3 Å². The molecular weight excluding hydrogens is 279 g/mol. The zero-order valence-corrected chi connectivity index (χ0v) is 10.6. The Morgan fingerprint density at radius 2 is 1.84 bits per heavy atom. The molecule has 2 rings (SSSR count). The molecule has 0 aromatic heterocycles. The Kier molecular flexibility index (Phi) is 3.85. The Morgan fingerprint density at radius 1 is 1.21 bits per heavy atom. The van der Waals surface area contributed by atoms with Crippen LogP contribution in [0.4, 0.5) is 18.0 Å². The topological polar surface area (TPSA) is 20.3 Å². The maximum absolute atomic E-state index is 12.4. The van der Waals surface area contributed by atoms with Crippen LogP contribution in [0.3, 0.4) is 0 Å². The summed E-state index contributed by atoms with van der Waals surface area (Å²) in [6.07, 6.45) is -1.92. The SMILES string of the molecule is O=C(Cl)N1CC=C(c2ccc(C(F)(F)F)cc2)CC1. The molecule has 0 saturated heterocycles. The molecule has 2 nitrogen and oxygen atoms in total. The van der Waals surface area contributed by atoms with Crippen LogP contribution < -0.4 is 0 Å². The smallest absolute Gasteiger partial charge is 0.325 e. The van der Waals surface area contributed by atoms with Crippen molar-refractivity contribution in [2.24, 2.45) is 0 Å². The van der Waals surface area contributed by atoms with E-state index in [1.165, 1.54) is 17.0 Å². The minimum atomic E-state index is -4.32. The highest BCUT2D eigenvalue weighted by Crippen LogP contribution is 2.31. The Balaban J connectivity index is 2.14. The second kappa shape index (κ2) is 5.25. The normalized spacial score (nSPS) is 16.2. The zero-order chi connectivity index (χ0) is 14.0. The van der Waals surface area contributed by atoms with Crippen LogP contribution in [0.25, 0.3) is 5.57 Å². The first-order chi connectivity index (χ1) is 8.88. The highest BCUT2D eigenvalue weighted by molar-refractivity contribution is 6.62. The standard InChI is InChI=1S/C13H11ClF3NO/c14-12(19)18-7-5-10(6-8-18)9-1-3-11(4-2-9)13(15,16)17/h1-5H,6-8H2. The van der Waals surface area contributed by atoms with Gasteiger partial charge in [-0.1, -0.05) is 18.2 Å². The van der Waals surface area contributed by atoms with Crippen LogP contribution in [0.5, 0.6) is 0 Å². The minimum Gasteiger partial charge on any atom is -0.325 e. The molecule has 1 aliphatic rings. The van der Waals surface area contributed by atoms with Crippen LogP contribution in [-0.2, 0) is 6.18 Å². The van der Waals surface area contributed by atoms with E-state index in [1.807, 2.05) is 6.08 Å². The van der Waals surface area contributed by atoms with E-state index in [0.29, 0.717) is 19.5 Å². The fourth-order valence-electron chi connectivity index (χ4n) is 1.96. The number of alkyl halides is 3. The van der Waals surface area contributed by atoms with Crippen LogP contribution >= 0.6 is 11.6 Å². The molecule has 102 valence electrons. The number of benzene rings is 1. The van der Waals surface area contributed by atoms with Gasteiger partial charge in [-0.3, -0.25) is 4.79 Å². The first kappa shape index (κ1) is 13.9. The molecule has 6 heteroatoms. The molecule has 1 aliphatic heterocycles. The van der Waals surface area contributed by atoms with Crippen LogP contribution in [0.1, 0.15) is 17.5 Å². The van der Waals surface area contributed by atoms with Crippen molar-refractivity contribution in [3.63, 3.8) is 0 Å². The molecule has 0 bridgehead atoms. The van der Waals surface area contributed by atoms with Gasteiger partial charge in [0.1, 0.15) is 0 Å². The Hall–Kier alpha value is -1.49. The van der Waals surface area contributed by atoms with Gasteiger partial charge in [0.15, 0.2) is 0 Å². The zero-order valence-electron chi connectivity index (χ0n) is 9.88. The lowest BCUT2D eigenvalue weighted by molar-refractivity contribution is -0.137. The third-order valence-corrected chi connectivity index (χ3v) is 3.28. The second-order valence-electron chi connectivity index (χ2n) is 4.25. The number of hydrogen-bond acceptors (Lipinski definition) is 1. The Bertz CT molecular complexity index is 508. The summed E-state index contributed by atoms with van der Waals surface area (Å²) in [5.41, 5.74) is 1.02. The summed E-state index contributed by atoms with van der Waals surface area (Å²) in [6, 6.07) is 5.03. The molecule has 0 radical (unpaired) electrons. The predicted molar refractivity (Wildman–Crippen MR) is 66.9 cm³/mol. The van der Waals surface area contributed by atoms with Gasteiger partial charge in [-0.25, -0.2) is 0 Å². The van der Waals surface area contributed by atoms with E-state index in [2.05, 4.69) is 0 Å². The molecule has 0 fully saturated rings. The quantitative estimate of drug-likeness (QED) is 0.562. The summed E-state index contributed by atoms with van der Waals surface area (Å²) in [4.78, 5) is 12.4. The lowest BCUT2D eigenvalue weighted by Gasteiger charge is -2.24. The van der Waals surface area contributed by atoms with Gasteiger partial charge in [-0.05, 0) is 41.3 Å². The number of carbonyl (C=O) groups excluding carboxylic acids is 1. The lowest BCUT2D eigenvalue weighted by Crippen LogP contribution is -2.30. The average Bonchev–Trinajstić information content (AvgIpc) is 2.38. The largest absolute Gasteiger partial charge is 0.416 e. The van der Waals surface area contributed by atoms with E-state index >= 15 is 0 Å². The van der Waals surface area contributed by atoms with Crippen molar-refractivity contribution in [2.75, 3.05) is 13.1 Å². The number of halogens is 4. The maximum atomic E-state index is 12.4. The van der Waals surface area contributed by atoms with Crippen molar-refractivity contribution in [3.8, 4) is 0 Å². The molecule has 19 heavy (non-hydrogen) atoms. The molecule has 0 unspecified atom stereocenters. The van der Waals surface area contributed by atoms with E-state index in [4.69, 9.17) is 11.6 Å².